The fraction of sp³-hybridized carbons (Fsp3) is 0.643. The molecule has 1 heterocycles. The predicted octanol–water partition coefficient (Wildman–Crippen LogP) is 2.29. The van der Waals surface area contributed by atoms with Crippen LogP contribution in [-0.2, 0) is 0 Å². The van der Waals surface area contributed by atoms with Crippen molar-refractivity contribution in [3.63, 3.8) is 0 Å². The zero-order valence-electron chi connectivity index (χ0n) is 11.7. The van der Waals surface area contributed by atoms with Gasteiger partial charge in [0.15, 0.2) is 0 Å². The fourth-order valence-electron chi connectivity index (χ4n) is 1.97. The Hall–Kier alpha value is -1.13. The first-order valence-corrected chi connectivity index (χ1v) is 6.56. The van der Waals surface area contributed by atoms with Crippen LogP contribution in [0.4, 0.5) is 0 Å². The van der Waals surface area contributed by atoms with Crippen molar-refractivity contribution in [3.05, 3.63) is 24.0 Å². The molecule has 1 aromatic rings. The van der Waals surface area contributed by atoms with Gasteiger partial charge in [0, 0.05) is 24.0 Å². The molecule has 0 bridgehead atoms. The number of likely N-dealkylation sites (N-methyl/N-ethyl adjacent to an activating group) is 1. The Labute approximate surface area is 109 Å². The minimum absolute atomic E-state index is 0.0220. The van der Waals surface area contributed by atoms with Gasteiger partial charge in [-0.25, -0.2) is 0 Å². The van der Waals surface area contributed by atoms with Crippen molar-refractivity contribution in [2.24, 2.45) is 0 Å². The summed E-state index contributed by atoms with van der Waals surface area (Å²) in [6, 6.07) is 1.82. The molecule has 0 aromatic carbocycles. The van der Waals surface area contributed by atoms with Crippen molar-refractivity contribution < 1.29 is 9.84 Å². The van der Waals surface area contributed by atoms with Gasteiger partial charge in [0.25, 0.3) is 0 Å². The Kier molecular flexibility index (Phi) is 6.09. The van der Waals surface area contributed by atoms with Crippen LogP contribution in [0, 0.1) is 0 Å². The van der Waals surface area contributed by atoms with Crippen LogP contribution in [0.2, 0.25) is 0 Å². The molecule has 0 saturated carbocycles. The van der Waals surface area contributed by atoms with Gasteiger partial charge in [-0.2, -0.15) is 0 Å². The number of aliphatic hydroxyl groups excluding tert-OH is 1. The molecule has 0 spiro atoms. The lowest BCUT2D eigenvalue weighted by Gasteiger charge is -2.24. The maximum Gasteiger partial charge on any atom is 0.128 e. The number of hydrogen-bond acceptors (Lipinski definition) is 4. The van der Waals surface area contributed by atoms with Crippen molar-refractivity contribution in [2.75, 3.05) is 7.05 Å². The van der Waals surface area contributed by atoms with E-state index in [-0.39, 0.29) is 12.1 Å². The Morgan fingerprint density at radius 3 is 2.72 bits per heavy atom. The number of pyridine rings is 1. The molecule has 0 aliphatic heterocycles. The molecule has 102 valence electrons. The molecule has 2 atom stereocenters. The predicted molar refractivity (Wildman–Crippen MR) is 72.7 cm³/mol. The Morgan fingerprint density at radius 2 is 2.17 bits per heavy atom. The standard InChI is InChI=1S/C14H24N2O2/c1-5-6-12(15-4)14(17)11-9-16-8-7-13(11)18-10(2)3/h7-10,12,14-15,17H,5-6H2,1-4H3/t12-,14?/m0/s1. The lowest BCUT2D eigenvalue weighted by atomic mass is 9.99. The Morgan fingerprint density at radius 1 is 1.44 bits per heavy atom. The van der Waals surface area contributed by atoms with Crippen LogP contribution in [-0.4, -0.2) is 29.3 Å². The smallest absolute Gasteiger partial charge is 0.128 e. The summed E-state index contributed by atoms with van der Waals surface area (Å²) in [7, 11) is 1.86. The van der Waals surface area contributed by atoms with E-state index in [4.69, 9.17) is 4.74 Å². The van der Waals surface area contributed by atoms with Crippen LogP contribution in [0.25, 0.3) is 0 Å². The summed E-state index contributed by atoms with van der Waals surface area (Å²) in [5, 5.41) is 13.6. The normalized spacial score (nSPS) is 14.6. The van der Waals surface area contributed by atoms with Crippen LogP contribution < -0.4 is 10.1 Å². The van der Waals surface area contributed by atoms with E-state index in [0.717, 1.165) is 18.4 Å². The van der Waals surface area contributed by atoms with Gasteiger partial charge in [-0.15, -0.1) is 0 Å². The molecule has 0 aliphatic carbocycles. The van der Waals surface area contributed by atoms with Gasteiger partial charge < -0.3 is 15.2 Å². The Balaban J connectivity index is 2.92. The Bertz CT molecular complexity index is 355. The first kappa shape index (κ1) is 14.9. The maximum absolute atomic E-state index is 10.4. The average molecular weight is 252 g/mol. The van der Waals surface area contributed by atoms with Crippen molar-refractivity contribution in [2.45, 2.75) is 51.9 Å². The van der Waals surface area contributed by atoms with Crippen molar-refractivity contribution in [1.29, 1.82) is 0 Å². The van der Waals surface area contributed by atoms with Gasteiger partial charge in [-0.3, -0.25) is 4.98 Å². The van der Waals surface area contributed by atoms with Crippen molar-refractivity contribution in [1.82, 2.24) is 10.3 Å². The summed E-state index contributed by atoms with van der Waals surface area (Å²) >= 11 is 0. The summed E-state index contributed by atoms with van der Waals surface area (Å²) in [4.78, 5) is 4.08. The second-order valence-electron chi connectivity index (χ2n) is 4.71. The van der Waals surface area contributed by atoms with Gasteiger partial charge in [0.2, 0.25) is 0 Å². The highest BCUT2D eigenvalue weighted by atomic mass is 16.5. The topological polar surface area (TPSA) is 54.4 Å². The van der Waals surface area contributed by atoms with Crippen LogP contribution in [0.5, 0.6) is 5.75 Å². The molecule has 0 amide bonds. The minimum atomic E-state index is -0.600. The second-order valence-corrected chi connectivity index (χ2v) is 4.71. The number of ether oxygens (including phenoxy) is 1. The van der Waals surface area contributed by atoms with Crippen molar-refractivity contribution >= 4 is 0 Å². The lowest BCUT2D eigenvalue weighted by molar-refractivity contribution is 0.120. The minimum Gasteiger partial charge on any atom is -0.491 e. The van der Waals surface area contributed by atoms with E-state index < -0.39 is 6.10 Å². The van der Waals surface area contributed by atoms with Crippen molar-refractivity contribution in [3.8, 4) is 5.75 Å². The van der Waals surface area contributed by atoms with E-state index in [9.17, 15) is 5.11 Å². The summed E-state index contributed by atoms with van der Waals surface area (Å²) in [5.41, 5.74) is 0.749. The number of aromatic nitrogens is 1. The van der Waals surface area contributed by atoms with E-state index in [1.807, 2.05) is 20.9 Å². The van der Waals surface area contributed by atoms with Crippen LogP contribution in [0.1, 0.15) is 45.3 Å². The third kappa shape index (κ3) is 3.96. The molecule has 2 N–H and O–H groups in total. The van der Waals surface area contributed by atoms with E-state index in [0.29, 0.717) is 5.75 Å². The van der Waals surface area contributed by atoms with Crippen LogP contribution >= 0.6 is 0 Å². The molecule has 1 aromatic heterocycles. The average Bonchev–Trinajstić information content (AvgIpc) is 2.35. The number of aliphatic hydroxyl groups is 1. The van der Waals surface area contributed by atoms with E-state index >= 15 is 0 Å². The summed E-state index contributed by atoms with van der Waals surface area (Å²) in [6.07, 6.45) is 4.77. The number of nitrogens with one attached hydrogen (secondary N) is 1. The van der Waals surface area contributed by atoms with Crippen LogP contribution in [0.15, 0.2) is 18.5 Å². The molecule has 4 heteroatoms. The second kappa shape index (κ2) is 7.34. The molecule has 0 fully saturated rings. The number of nitrogens with zero attached hydrogens (tertiary/aromatic N) is 1. The zero-order chi connectivity index (χ0) is 13.5. The highest BCUT2D eigenvalue weighted by Gasteiger charge is 2.22. The zero-order valence-corrected chi connectivity index (χ0v) is 11.7. The summed E-state index contributed by atoms with van der Waals surface area (Å²) in [5.74, 6) is 0.712. The first-order valence-electron chi connectivity index (χ1n) is 6.56. The number of hydrogen-bond donors (Lipinski definition) is 2. The molecular formula is C14H24N2O2. The molecule has 4 nitrogen and oxygen atoms in total. The highest BCUT2D eigenvalue weighted by molar-refractivity contribution is 5.33. The third-order valence-electron chi connectivity index (χ3n) is 2.84. The fourth-order valence-corrected chi connectivity index (χ4v) is 1.97. The largest absolute Gasteiger partial charge is 0.491 e. The van der Waals surface area contributed by atoms with E-state index in [1.165, 1.54) is 0 Å². The van der Waals surface area contributed by atoms with E-state index in [2.05, 4.69) is 17.2 Å². The maximum atomic E-state index is 10.4. The van der Waals surface area contributed by atoms with Gasteiger partial charge in [0.05, 0.1) is 12.2 Å². The highest BCUT2D eigenvalue weighted by Crippen LogP contribution is 2.28. The molecule has 0 saturated heterocycles. The van der Waals surface area contributed by atoms with Gasteiger partial charge in [0.1, 0.15) is 5.75 Å². The quantitative estimate of drug-likeness (QED) is 0.782. The first-order chi connectivity index (χ1) is 8.60. The molecule has 18 heavy (non-hydrogen) atoms. The SMILES string of the molecule is CCC[C@H](NC)C(O)c1cnccc1OC(C)C. The monoisotopic (exact) mass is 252 g/mol. The molecule has 1 rings (SSSR count). The summed E-state index contributed by atoms with van der Waals surface area (Å²) < 4.78 is 5.71. The van der Waals surface area contributed by atoms with Gasteiger partial charge in [-0.05, 0) is 33.4 Å². The number of rotatable bonds is 7. The van der Waals surface area contributed by atoms with Gasteiger partial charge in [-0.1, -0.05) is 13.3 Å². The molecule has 0 aliphatic rings. The van der Waals surface area contributed by atoms with Gasteiger partial charge >= 0.3 is 0 Å². The molecular weight excluding hydrogens is 228 g/mol. The molecule has 1 unspecified atom stereocenters. The van der Waals surface area contributed by atoms with Crippen LogP contribution in [0.3, 0.4) is 0 Å². The molecule has 0 radical (unpaired) electrons. The lowest BCUT2D eigenvalue weighted by Crippen LogP contribution is -2.32. The summed E-state index contributed by atoms with van der Waals surface area (Å²) in [6.45, 7) is 6.04. The third-order valence-corrected chi connectivity index (χ3v) is 2.84. The van der Waals surface area contributed by atoms with E-state index in [1.54, 1.807) is 18.5 Å².